The molecule has 2 rings (SSSR count). The van der Waals surface area contributed by atoms with E-state index < -0.39 is 0 Å². The first-order valence-corrected chi connectivity index (χ1v) is 6.37. The van der Waals surface area contributed by atoms with Crippen molar-refractivity contribution >= 4 is 5.69 Å². The molecule has 1 N–H and O–H groups in total. The van der Waals surface area contributed by atoms with E-state index in [0.29, 0.717) is 13.2 Å². The van der Waals surface area contributed by atoms with E-state index >= 15 is 0 Å². The van der Waals surface area contributed by atoms with Crippen LogP contribution in [0.2, 0.25) is 0 Å². The molecule has 0 fully saturated rings. The van der Waals surface area contributed by atoms with Gasteiger partial charge < -0.3 is 14.8 Å². The summed E-state index contributed by atoms with van der Waals surface area (Å²) >= 11 is 0. The van der Waals surface area contributed by atoms with Crippen LogP contribution >= 0.6 is 0 Å². The third-order valence-corrected chi connectivity index (χ3v) is 2.83. The van der Waals surface area contributed by atoms with Crippen LogP contribution in [0.1, 0.15) is 25.8 Å². The summed E-state index contributed by atoms with van der Waals surface area (Å²) in [5.41, 5.74) is 2.53. The highest BCUT2D eigenvalue weighted by atomic mass is 16.5. The Labute approximate surface area is 103 Å². The van der Waals surface area contributed by atoms with Crippen molar-refractivity contribution in [3.05, 3.63) is 23.8 Å². The molecule has 3 nitrogen and oxygen atoms in total. The van der Waals surface area contributed by atoms with Crippen LogP contribution in [-0.4, -0.2) is 25.9 Å². The number of anilines is 1. The molecule has 1 aromatic carbocycles. The first-order chi connectivity index (χ1) is 8.27. The molecule has 17 heavy (non-hydrogen) atoms. The van der Waals surface area contributed by atoms with Gasteiger partial charge in [0.2, 0.25) is 0 Å². The molecule has 0 aliphatic carbocycles. The van der Waals surface area contributed by atoms with Crippen molar-refractivity contribution < 1.29 is 9.47 Å². The van der Waals surface area contributed by atoms with Gasteiger partial charge in [-0.25, -0.2) is 0 Å². The maximum absolute atomic E-state index is 5.77. The molecule has 0 bridgehead atoms. The normalized spacial score (nSPS) is 14.3. The maximum atomic E-state index is 5.77. The van der Waals surface area contributed by atoms with Crippen LogP contribution in [-0.2, 0) is 11.2 Å². The van der Waals surface area contributed by atoms with Gasteiger partial charge in [0.25, 0.3) is 0 Å². The minimum atomic E-state index is 0.265. The van der Waals surface area contributed by atoms with Gasteiger partial charge in [-0.2, -0.15) is 0 Å². The van der Waals surface area contributed by atoms with Crippen molar-refractivity contribution in [1.29, 1.82) is 0 Å². The van der Waals surface area contributed by atoms with Gasteiger partial charge in [-0.05, 0) is 38.3 Å². The Morgan fingerprint density at radius 3 is 3.00 bits per heavy atom. The van der Waals surface area contributed by atoms with Crippen molar-refractivity contribution in [3.8, 4) is 5.75 Å². The molecule has 0 spiro atoms. The lowest BCUT2D eigenvalue weighted by Crippen LogP contribution is -2.15. The summed E-state index contributed by atoms with van der Waals surface area (Å²) in [7, 11) is 0. The second-order valence-corrected chi connectivity index (χ2v) is 4.59. The lowest BCUT2D eigenvalue weighted by molar-refractivity contribution is 0.0554. The smallest absolute Gasteiger partial charge is 0.142 e. The molecule has 3 heteroatoms. The van der Waals surface area contributed by atoms with E-state index in [1.165, 1.54) is 17.7 Å². The molecule has 0 radical (unpaired) electrons. The molecule has 0 aromatic heterocycles. The average Bonchev–Trinajstić information content (AvgIpc) is 2.34. The Bertz CT molecular complexity index is 363. The lowest BCUT2D eigenvalue weighted by atomic mass is 10.0. The van der Waals surface area contributed by atoms with Gasteiger partial charge in [0.05, 0.1) is 18.4 Å². The third-order valence-electron chi connectivity index (χ3n) is 2.83. The summed E-state index contributed by atoms with van der Waals surface area (Å²) in [6.45, 7) is 6.35. The fourth-order valence-electron chi connectivity index (χ4n) is 2.03. The molecule has 1 aliphatic rings. The molecule has 1 aliphatic heterocycles. The number of benzene rings is 1. The van der Waals surface area contributed by atoms with Crippen LogP contribution in [0.4, 0.5) is 5.69 Å². The fraction of sp³-hybridized carbons (Fsp3) is 0.571. The summed E-state index contributed by atoms with van der Waals surface area (Å²) in [6, 6.07) is 6.25. The van der Waals surface area contributed by atoms with Crippen LogP contribution in [0, 0.1) is 0 Å². The zero-order valence-electron chi connectivity index (χ0n) is 10.7. The first-order valence-electron chi connectivity index (χ1n) is 6.37. The minimum absolute atomic E-state index is 0.265. The van der Waals surface area contributed by atoms with Crippen molar-refractivity contribution in [2.75, 3.05) is 25.1 Å². The number of ether oxygens (including phenoxy) is 2. The standard InChI is InChI=1S/C14H21NO2/c1-11(2)16-9-10-17-13-7-3-5-12-6-4-8-15-14(12)13/h3,5,7,11,15H,4,6,8-10H2,1-2H3. The van der Waals surface area contributed by atoms with E-state index in [1.807, 2.05) is 19.9 Å². The van der Waals surface area contributed by atoms with Crippen molar-refractivity contribution in [3.63, 3.8) is 0 Å². The van der Waals surface area contributed by atoms with Gasteiger partial charge in [0.15, 0.2) is 0 Å². The van der Waals surface area contributed by atoms with Gasteiger partial charge in [-0.15, -0.1) is 0 Å². The molecule has 94 valence electrons. The van der Waals surface area contributed by atoms with Crippen molar-refractivity contribution in [2.45, 2.75) is 32.8 Å². The molecular weight excluding hydrogens is 214 g/mol. The van der Waals surface area contributed by atoms with Gasteiger partial charge in [0.1, 0.15) is 12.4 Å². The Morgan fingerprint density at radius 2 is 2.18 bits per heavy atom. The Balaban J connectivity index is 1.92. The van der Waals surface area contributed by atoms with Gasteiger partial charge in [-0.3, -0.25) is 0 Å². The second kappa shape index (κ2) is 5.92. The molecule has 1 heterocycles. The maximum Gasteiger partial charge on any atom is 0.142 e. The highest BCUT2D eigenvalue weighted by Crippen LogP contribution is 2.31. The van der Waals surface area contributed by atoms with E-state index in [1.54, 1.807) is 0 Å². The summed E-state index contributed by atoms with van der Waals surface area (Å²) < 4.78 is 11.2. The molecule has 1 aromatic rings. The summed E-state index contributed by atoms with van der Waals surface area (Å²) in [6.07, 6.45) is 2.61. The van der Waals surface area contributed by atoms with Crippen LogP contribution in [0.5, 0.6) is 5.75 Å². The Kier molecular flexibility index (Phi) is 4.26. The largest absolute Gasteiger partial charge is 0.489 e. The third kappa shape index (κ3) is 3.37. The Morgan fingerprint density at radius 1 is 1.29 bits per heavy atom. The lowest BCUT2D eigenvalue weighted by Gasteiger charge is -2.21. The zero-order chi connectivity index (χ0) is 12.1. The summed E-state index contributed by atoms with van der Waals surface area (Å²) in [4.78, 5) is 0. The van der Waals surface area contributed by atoms with Crippen molar-refractivity contribution in [1.82, 2.24) is 0 Å². The van der Waals surface area contributed by atoms with E-state index in [0.717, 1.165) is 18.7 Å². The topological polar surface area (TPSA) is 30.5 Å². The van der Waals surface area contributed by atoms with Gasteiger partial charge >= 0.3 is 0 Å². The predicted octanol–water partition coefficient (Wildman–Crippen LogP) is 2.85. The quantitative estimate of drug-likeness (QED) is 0.796. The highest BCUT2D eigenvalue weighted by Gasteiger charge is 2.12. The number of fused-ring (bicyclic) bond motifs is 1. The van der Waals surface area contributed by atoms with Crippen LogP contribution < -0.4 is 10.1 Å². The second-order valence-electron chi connectivity index (χ2n) is 4.59. The van der Waals surface area contributed by atoms with Crippen LogP contribution in [0.25, 0.3) is 0 Å². The number of nitrogens with one attached hydrogen (secondary N) is 1. The van der Waals surface area contributed by atoms with E-state index in [-0.39, 0.29) is 6.10 Å². The SMILES string of the molecule is CC(C)OCCOc1cccc2c1NCCC2. The molecule has 0 atom stereocenters. The minimum Gasteiger partial charge on any atom is -0.489 e. The highest BCUT2D eigenvalue weighted by molar-refractivity contribution is 5.63. The Hall–Kier alpha value is -1.22. The van der Waals surface area contributed by atoms with Gasteiger partial charge in [0, 0.05) is 6.54 Å². The number of aryl methyl sites for hydroxylation is 1. The number of para-hydroxylation sites is 1. The van der Waals surface area contributed by atoms with Crippen molar-refractivity contribution in [2.24, 2.45) is 0 Å². The van der Waals surface area contributed by atoms with E-state index in [4.69, 9.17) is 9.47 Å². The number of rotatable bonds is 5. The number of hydrogen-bond donors (Lipinski definition) is 1. The molecule has 0 saturated carbocycles. The molecule has 0 amide bonds. The fourth-order valence-corrected chi connectivity index (χ4v) is 2.03. The zero-order valence-corrected chi connectivity index (χ0v) is 10.7. The predicted molar refractivity (Wildman–Crippen MR) is 69.8 cm³/mol. The van der Waals surface area contributed by atoms with E-state index in [2.05, 4.69) is 17.4 Å². The average molecular weight is 235 g/mol. The van der Waals surface area contributed by atoms with E-state index in [9.17, 15) is 0 Å². The molecular formula is C14H21NO2. The molecule has 0 unspecified atom stereocenters. The van der Waals surface area contributed by atoms with Gasteiger partial charge in [-0.1, -0.05) is 12.1 Å². The monoisotopic (exact) mass is 235 g/mol. The molecule has 0 saturated heterocycles. The summed E-state index contributed by atoms with van der Waals surface area (Å²) in [5, 5.41) is 3.42. The van der Waals surface area contributed by atoms with Crippen LogP contribution in [0.15, 0.2) is 18.2 Å². The first kappa shape index (κ1) is 12.2. The summed E-state index contributed by atoms with van der Waals surface area (Å²) in [5.74, 6) is 0.953. The van der Waals surface area contributed by atoms with Crippen LogP contribution in [0.3, 0.4) is 0 Å². The number of hydrogen-bond acceptors (Lipinski definition) is 3.